The minimum atomic E-state index is -3.94. The quantitative estimate of drug-likeness (QED) is 0.755. The highest BCUT2D eigenvalue weighted by molar-refractivity contribution is 8.13. The topological polar surface area (TPSA) is 74.1 Å². The predicted octanol–water partition coefficient (Wildman–Crippen LogP) is 1.75. The maximum Gasteiger partial charge on any atom is 0.296 e. The fourth-order valence-electron chi connectivity index (χ4n) is 1.93. The molecule has 0 radical (unpaired) electrons. The number of hydrogen-bond donors (Lipinski definition) is 0. The minimum Gasteiger partial charge on any atom is -0.383 e. The molecule has 0 saturated heterocycles. The minimum absolute atomic E-state index is 0.247. The molecule has 1 heterocycles. The van der Waals surface area contributed by atoms with Gasteiger partial charge in [0.15, 0.2) is 0 Å². The first-order valence-corrected chi connectivity index (χ1v) is 8.64. The van der Waals surface area contributed by atoms with E-state index in [-0.39, 0.29) is 5.16 Å². The first-order chi connectivity index (χ1) is 9.91. The van der Waals surface area contributed by atoms with Crippen LogP contribution in [0.3, 0.4) is 0 Å². The number of hydrogen-bond acceptors (Lipinski definition) is 5. The lowest BCUT2D eigenvalue weighted by molar-refractivity contribution is 0.183. The fourth-order valence-corrected chi connectivity index (χ4v) is 2.87. The Balaban J connectivity index is 2.34. The summed E-state index contributed by atoms with van der Waals surface area (Å²) in [7, 11) is 2.99. The van der Waals surface area contributed by atoms with Crippen LogP contribution in [0, 0.1) is 6.92 Å². The van der Waals surface area contributed by atoms with Gasteiger partial charge in [-0.25, -0.2) is 8.42 Å². The van der Waals surface area contributed by atoms with E-state index in [1.807, 2.05) is 31.2 Å². The second-order valence-electron chi connectivity index (χ2n) is 4.64. The summed E-state index contributed by atoms with van der Waals surface area (Å²) < 4.78 is 29.5. The van der Waals surface area contributed by atoms with Gasteiger partial charge in [-0.15, -0.1) is 10.2 Å². The van der Waals surface area contributed by atoms with Crippen LogP contribution in [0.15, 0.2) is 29.4 Å². The Labute approximate surface area is 128 Å². The Morgan fingerprint density at radius 1 is 1.24 bits per heavy atom. The van der Waals surface area contributed by atoms with Gasteiger partial charge in [0.2, 0.25) is 0 Å². The normalized spacial score (nSPS) is 11.8. The van der Waals surface area contributed by atoms with Gasteiger partial charge in [0.1, 0.15) is 5.82 Å². The van der Waals surface area contributed by atoms with Gasteiger partial charge in [0.05, 0.1) is 6.61 Å². The van der Waals surface area contributed by atoms with Gasteiger partial charge >= 0.3 is 0 Å². The summed E-state index contributed by atoms with van der Waals surface area (Å²) in [6.45, 7) is 2.67. The van der Waals surface area contributed by atoms with Crippen LogP contribution in [-0.2, 0) is 26.8 Å². The van der Waals surface area contributed by atoms with E-state index in [9.17, 15) is 8.42 Å². The van der Waals surface area contributed by atoms with Crippen molar-refractivity contribution in [1.82, 2.24) is 14.8 Å². The summed E-state index contributed by atoms with van der Waals surface area (Å²) in [5, 5.41) is 7.39. The number of aryl methyl sites for hydroxylation is 1. The standard InChI is InChI=1S/C13H16ClN3O3S/c1-10-3-5-11(6-4-10)9-12-15-16-13(21(14,18)19)17(12)7-8-20-2/h3-6H,7-9H2,1-2H3. The van der Waals surface area contributed by atoms with Crippen LogP contribution in [0.5, 0.6) is 0 Å². The van der Waals surface area contributed by atoms with E-state index in [2.05, 4.69) is 10.2 Å². The lowest BCUT2D eigenvalue weighted by atomic mass is 10.1. The van der Waals surface area contributed by atoms with Crippen molar-refractivity contribution in [2.75, 3.05) is 13.7 Å². The molecule has 1 aromatic heterocycles. The molecule has 0 unspecified atom stereocenters. The van der Waals surface area contributed by atoms with Crippen molar-refractivity contribution >= 4 is 19.7 Å². The van der Waals surface area contributed by atoms with Crippen LogP contribution in [0.1, 0.15) is 17.0 Å². The van der Waals surface area contributed by atoms with Gasteiger partial charge in [0.25, 0.3) is 14.2 Å². The molecule has 21 heavy (non-hydrogen) atoms. The van der Waals surface area contributed by atoms with Gasteiger partial charge < -0.3 is 4.74 Å². The van der Waals surface area contributed by atoms with Gasteiger partial charge in [-0.2, -0.15) is 0 Å². The molecule has 2 aromatic rings. The first-order valence-electron chi connectivity index (χ1n) is 6.33. The zero-order chi connectivity index (χ0) is 15.5. The summed E-state index contributed by atoms with van der Waals surface area (Å²) in [6, 6.07) is 7.92. The van der Waals surface area contributed by atoms with Crippen molar-refractivity contribution < 1.29 is 13.2 Å². The number of methoxy groups -OCH3 is 1. The summed E-state index contributed by atoms with van der Waals surface area (Å²) >= 11 is 0. The van der Waals surface area contributed by atoms with Crippen LogP contribution in [0.4, 0.5) is 0 Å². The van der Waals surface area contributed by atoms with E-state index >= 15 is 0 Å². The third-order valence-corrected chi connectivity index (χ3v) is 4.17. The maximum absolute atomic E-state index is 11.5. The number of halogens is 1. The number of nitrogens with zero attached hydrogens (tertiary/aromatic N) is 3. The molecule has 0 atom stereocenters. The van der Waals surface area contributed by atoms with Crippen LogP contribution < -0.4 is 0 Å². The monoisotopic (exact) mass is 329 g/mol. The van der Waals surface area contributed by atoms with Gasteiger partial charge in [-0.1, -0.05) is 29.8 Å². The Hall–Kier alpha value is -1.44. The van der Waals surface area contributed by atoms with E-state index in [1.54, 1.807) is 7.11 Å². The molecular formula is C13H16ClN3O3S. The molecule has 0 aliphatic heterocycles. The third-order valence-electron chi connectivity index (χ3n) is 3.01. The smallest absolute Gasteiger partial charge is 0.296 e. The molecule has 0 spiro atoms. The summed E-state index contributed by atoms with van der Waals surface area (Å²) in [6.07, 6.45) is 0.476. The van der Waals surface area contributed by atoms with Gasteiger partial charge in [-0.3, -0.25) is 4.57 Å². The van der Waals surface area contributed by atoms with Crippen LogP contribution in [0.25, 0.3) is 0 Å². The van der Waals surface area contributed by atoms with Crippen molar-refractivity contribution in [2.45, 2.75) is 25.0 Å². The number of rotatable bonds is 6. The van der Waals surface area contributed by atoms with Gasteiger partial charge in [0, 0.05) is 30.8 Å². The molecule has 0 bridgehead atoms. The second-order valence-corrected chi connectivity index (χ2v) is 7.10. The molecule has 0 aliphatic carbocycles. The predicted molar refractivity (Wildman–Crippen MR) is 78.9 cm³/mol. The molecular weight excluding hydrogens is 314 g/mol. The van der Waals surface area contributed by atoms with E-state index < -0.39 is 9.05 Å². The van der Waals surface area contributed by atoms with Crippen LogP contribution in [-0.4, -0.2) is 36.9 Å². The molecule has 114 valence electrons. The fraction of sp³-hybridized carbons (Fsp3) is 0.385. The second kappa shape index (κ2) is 6.55. The van der Waals surface area contributed by atoms with E-state index in [1.165, 1.54) is 4.57 Å². The Morgan fingerprint density at radius 2 is 1.90 bits per heavy atom. The lowest BCUT2D eigenvalue weighted by Gasteiger charge is -2.08. The SMILES string of the molecule is COCCn1c(Cc2ccc(C)cc2)nnc1S(=O)(=O)Cl. The van der Waals surface area contributed by atoms with E-state index in [4.69, 9.17) is 15.4 Å². The Morgan fingerprint density at radius 3 is 2.48 bits per heavy atom. The number of aromatic nitrogens is 3. The molecule has 0 fully saturated rings. The molecule has 0 N–H and O–H groups in total. The molecule has 8 heteroatoms. The third kappa shape index (κ3) is 4.03. The number of ether oxygens (including phenoxy) is 1. The van der Waals surface area contributed by atoms with E-state index in [0.29, 0.717) is 25.4 Å². The van der Waals surface area contributed by atoms with Gasteiger partial charge in [-0.05, 0) is 12.5 Å². The average molecular weight is 330 g/mol. The van der Waals surface area contributed by atoms with Crippen LogP contribution in [0.2, 0.25) is 0 Å². The molecule has 6 nitrogen and oxygen atoms in total. The first kappa shape index (κ1) is 15.9. The van der Waals surface area contributed by atoms with Crippen molar-refractivity contribution in [3.8, 4) is 0 Å². The molecule has 1 aromatic carbocycles. The molecule has 2 rings (SSSR count). The summed E-state index contributed by atoms with van der Waals surface area (Å²) in [5.41, 5.74) is 2.17. The summed E-state index contributed by atoms with van der Waals surface area (Å²) in [4.78, 5) is 0. The molecule has 0 saturated carbocycles. The largest absolute Gasteiger partial charge is 0.383 e. The zero-order valence-corrected chi connectivity index (χ0v) is 13.4. The Kier molecular flexibility index (Phi) is 4.97. The highest BCUT2D eigenvalue weighted by Crippen LogP contribution is 2.16. The van der Waals surface area contributed by atoms with Crippen LogP contribution >= 0.6 is 10.7 Å². The molecule has 0 aliphatic rings. The summed E-state index contributed by atoms with van der Waals surface area (Å²) in [5.74, 6) is 0.537. The van der Waals surface area contributed by atoms with Crippen molar-refractivity contribution in [3.63, 3.8) is 0 Å². The Bertz CT molecular complexity index is 711. The molecule has 0 amide bonds. The highest BCUT2D eigenvalue weighted by Gasteiger charge is 2.22. The maximum atomic E-state index is 11.5. The highest BCUT2D eigenvalue weighted by atomic mass is 35.7. The van der Waals surface area contributed by atoms with Crippen molar-refractivity contribution in [2.24, 2.45) is 0 Å². The van der Waals surface area contributed by atoms with Crippen molar-refractivity contribution in [1.29, 1.82) is 0 Å². The average Bonchev–Trinajstić information content (AvgIpc) is 2.82. The van der Waals surface area contributed by atoms with E-state index in [0.717, 1.165) is 11.1 Å². The number of benzene rings is 1. The zero-order valence-electron chi connectivity index (χ0n) is 11.8. The van der Waals surface area contributed by atoms with Crippen molar-refractivity contribution in [3.05, 3.63) is 41.2 Å². The lowest BCUT2D eigenvalue weighted by Crippen LogP contribution is -2.13.